The molecule has 2 N–H and O–H groups in total. The molecule has 6 heteroatoms. The monoisotopic (exact) mass is 273 g/mol. The molecule has 17 heavy (non-hydrogen) atoms. The number of rotatable bonds is 2. The lowest BCUT2D eigenvalue weighted by atomic mass is 10.1. The van der Waals surface area contributed by atoms with E-state index in [1.807, 2.05) is 0 Å². The molecule has 1 amide bonds. The molecule has 0 spiro atoms. The van der Waals surface area contributed by atoms with Gasteiger partial charge in [-0.05, 0) is 25.5 Å². The van der Waals surface area contributed by atoms with Crippen molar-refractivity contribution < 1.29 is 4.79 Å². The summed E-state index contributed by atoms with van der Waals surface area (Å²) in [7, 11) is 0. The molecule has 2 rings (SSSR count). The Morgan fingerprint density at radius 2 is 2.24 bits per heavy atom. The maximum Gasteiger partial charge on any atom is 0.228 e. The summed E-state index contributed by atoms with van der Waals surface area (Å²) in [5, 5.41) is 0.896. The molecule has 1 unspecified atom stereocenters. The van der Waals surface area contributed by atoms with E-state index in [1.165, 1.54) is 0 Å². The highest BCUT2D eigenvalue weighted by Crippen LogP contribution is 2.32. The van der Waals surface area contributed by atoms with Gasteiger partial charge in [0.2, 0.25) is 5.91 Å². The molecule has 1 atom stereocenters. The average Bonchev–Trinajstić information content (AvgIpc) is 2.65. The van der Waals surface area contributed by atoms with Gasteiger partial charge in [-0.2, -0.15) is 0 Å². The second kappa shape index (κ2) is 4.80. The van der Waals surface area contributed by atoms with E-state index in [2.05, 4.69) is 4.98 Å². The Kier molecular flexibility index (Phi) is 3.56. The standard InChI is InChI=1S/C11H13Cl2N3O/c1-6-8(12)3-9(13)11(15-6)16-5-7(4-14)2-10(16)17/h3,7H,2,4-5,14H2,1H3. The van der Waals surface area contributed by atoms with Crippen LogP contribution in [0.2, 0.25) is 10.0 Å². The fourth-order valence-corrected chi connectivity index (χ4v) is 2.34. The SMILES string of the molecule is Cc1nc(N2CC(CN)CC2=O)c(Cl)cc1Cl. The predicted molar refractivity (Wildman–Crippen MR) is 68.5 cm³/mol. The molecule has 1 aromatic rings. The molecule has 0 saturated carbocycles. The number of anilines is 1. The molecule has 0 aromatic carbocycles. The van der Waals surface area contributed by atoms with Crippen molar-refractivity contribution in [3.05, 3.63) is 21.8 Å². The Morgan fingerprint density at radius 1 is 1.53 bits per heavy atom. The zero-order chi connectivity index (χ0) is 12.6. The van der Waals surface area contributed by atoms with E-state index in [-0.39, 0.29) is 11.8 Å². The van der Waals surface area contributed by atoms with Gasteiger partial charge in [-0.25, -0.2) is 4.98 Å². The average molecular weight is 274 g/mol. The lowest BCUT2D eigenvalue weighted by Crippen LogP contribution is -2.27. The highest BCUT2D eigenvalue weighted by atomic mass is 35.5. The van der Waals surface area contributed by atoms with E-state index in [0.29, 0.717) is 41.1 Å². The maximum atomic E-state index is 11.8. The van der Waals surface area contributed by atoms with Gasteiger partial charge in [0.25, 0.3) is 0 Å². The first kappa shape index (κ1) is 12.6. The van der Waals surface area contributed by atoms with Gasteiger partial charge in [-0.15, -0.1) is 0 Å². The van der Waals surface area contributed by atoms with Crippen LogP contribution in [0.3, 0.4) is 0 Å². The number of nitrogens with two attached hydrogens (primary N) is 1. The second-order valence-electron chi connectivity index (χ2n) is 4.17. The van der Waals surface area contributed by atoms with Crippen LogP contribution in [-0.4, -0.2) is 24.0 Å². The number of halogens is 2. The van der Waals surface area contributed by atoms with Crippen LogP contribution in [0.4, 0.5) is 5.82 Å². The van der Waals surface area contributed by atoms with E-state index in [0.717, 1.165) is 0 Å². The predicted octanol–water partition coefficient (Wildman–Crippen LogP) is 2.01. The summed E-state index contributed by atoms with van der Waals surface area (Å²) in [6.45, 7) is 2.85. The number of amides is 1. The topological polar surface area (TPSA) is 59.2 Å². The molecule has 1 fully saturated rings. The van der Waals surface area contributed by atoms with Gasteiger partial charge >= 0.3 is 0 Å². The van der Waals surface area contributed by atoms with Gasteiger partial charge in [0.1, 0.15) is 0 Å². The number of carbonyl (C=O) groups is 1. The molecule has 1 aliphatic heterocycles. The van der Waals surface area contributed by atoms with Crippen molar-refractivity contribution in [1.82, 2.24) is 4.98 Å². The van der Waals surface area contributed by atoms with Crippen molar-refractivity contribution in [3.63, 3.8) is 0 Å². The van der Waals surface area contributed by atoms with Crippen molar-refractivity contribution in [2.24, 2.45) is 11.7 Å². The van der Waals surface area contributed by atoms with Crippen molar-refractivity contribution in [1.29, 1.82) is 0 Å². The van der Waals surface area contributed by atoms with E-state index in [4.69, 9.17) is 28.9 Å². The first-order chi connectivity index (χ1) is 8.02. The Balaban J connectivity index is 2.35. The van der Waals surface area contributed by atoms with Gasteiger partial charge in [0.05, 0.1) is 15.7 Å². The van der Waals surface area contributed by atoms with E-state index < -0.39 is 0 Å². The number of pyridine rings is 1. The summed E-state index contributed by atoms with van der Waals surface area (Å²) in [6.07, 6.45) is 0.455. The third kappa shape index (κ3) is 2.39. The lowest BCUT2D eigenvalue weighted by Gasteiger charge is -2.17. The van der Waals surface area contributed by atoms with Crippen molar-refractivity contribution in [2.45, 2.75) is 13.3 Å². The van der Waals surface area contributed by atoms with Gasteiger partial charge in [-0.1, -0.05) is 23.2 Å². The van der Waals surface area contributed by atoms with Crippen molar-refractivity contribution in [3.8, 4) is 0 Å². The Hall–Kier alpha value is -0.840. The minimum atomic E-state index is 0.0107. The molecule has 4 nitrogen and oxygen atoms in total. The van der Waals surface area contributed by atoms with Crippen LogP contribution in [0.5, 0.6) is 0 Å². The Morgan fingerprint density at radius 3 is 2.82 bits per heavy atom. The quantitative estimate of drug-likeness (QED) is 0.897. The number of nitrogens with zero attached hydrogens (tertiary/aromatic N) is 2. The highest BCUT2D eigenvalue weighted by Gasteiger charge is 2.31. The van der Waals surface area contributed by atoms with E-state index in [1.54, 1.807) is 17.9 Å². The van der Waals surface area contributed by atoms with Crippen LogP contribution in [0.1, 0.15) is 12.1 Å². The Bertz CT molecular complexity index is 464. The number of hydrogen-bond donors (Lipinski definition) is 1. The van der Waals surface area contributed by atoms with Gasteiger partial charge in [0.15, 0.2) is 5.82 Å². The summed E-state index contributed by atoms with van der Waals surface area (Å²) >= 11 is 12.0. The van der Waals surface area contributed by atoms with Crippen LogP contribution in [-0.2, 0) is 4.79 Å². The molecule has 0 radical (unpaired) electrons. The third-order valence-electron chi connectivity index (χ3n) is 2.88. The largest absolute Gasteiger partial charge is 0.330 e. The molecule has 2 heterocycles. The fourth-order valence-electron chi connectivity index (χ4n) is 1.88. The van der Waals surface area contributed by atoms with Crippen LogP contribution in [0.15, 0.2) is 6.07 Å². The summed E-state index contributed by atoms with van der Waals surface area (Å²) < 4.78 is 0. The normalized spacial score (nSPS) is 20.1. The minimum Gasteiger partial charge on any atom is -0.330 e. The van der Waals surface area contributed by atoms with Gasteiger partial charge in [-0.3, -0.25) is 9.69 Å². The van der Waals surface area contributed by atoms with Crippen molar-refractivity contribution >= 4 is 34.9 Å². The number of aryl methyl sites for hydroxylation is 1. The number of carbonyl (C=O) groups excluding carboxylic acids is 1. The smallest absolute Gasteiger partial charge is 0.228 e. The molecular formula is C11H13Cl2N3O. The van der Waals surface area contributed by atoms with Crippen LogP contribution in [0.25, 0.3) is 0 Å². The van der Waals surface area contributed by atoms with Gasteiger partial charge in [0, 0.05) is 13.0 Å². The third-order valence-corrected chi connectivity index (χ3v) is 3.54. The minimum absolute atomic E-state index is 0.0107. The van der Waals surface area contributed by atoms with Crippen LogP contribution >= 0.6 is 23.2 Å². The summed E-state index contributed by atoms with van der Waals surface area (Å²) in [5.74, 6) is 0.669. The number of aromatic nitrogens is 1. The van der Waals surface area contributed by atoms with Crippen LogP contribution in [0, 0.1) is 12.8 Å². The zero-order valence-electron chi connectivity index (χ0n) is 9.41. The molecule has 0 aliphatic carbocycles. The first-order valence-corrected chi connectivity index (χ1v) is 6.11. The summed E-state index contributed by atoms with van der Waals surface area (Å²) in [4.78, 5) is 17.7. The fraction of sp³-hybridized carbons (Fsp3) is 0.455. The maximum absolute atomic E-state index is 11.8. The number of hydrogen-bond acceptors (Lipinski definition) is 3. The first-order valence-electron chi connectivity index (χ1n) is 5.36. The van der Waals surface area contributed by atoms with E-state index >= 15 is 0 Å². The molecular weight excluding hydrogens is 261 g/mol. The van der Waals surface area contributed by atoms with Crippen LogP contribution < -0.4 is 10.6 Å². The zero-order valence-corrected chi connectivity index (χ0v) is 10.9. The summed E-state index contributed by atoms with van der Waals surface area (Å²) in [6, 6.07) is 1.61. The summed E-state index contributed by atoms with van der Waals surface area (Å²) in [5.41, 5.74) is 6.24. The highest BCUT2D eigenvalue weighted by molar-refractivity contribution is 6.36. The lowest BCUT2D eigenvalue weighted by molar-refractivity contribution is -0.117. The molecule has 1 aliphatic rings. The second-order valence-corrected chi connectivity index (χ2v) is 4.99. The Labute approximate surface area is 110 Å². The van der Waals surface area contributed by atoms with Gasteiger partial charge < -0.3 is 5.73 Å². The molecule has 92 valence electrons. The van der Waals surface area contributed by atoms with E-state index in [9.17, 15) is 4.79 Å². The molecule has 0 bridgehead atoms. The van der Waals surface area contributed by atoms with Crippen molar-refractivity contribution in [2.75, 3.05) is 18.0 Å². The molecule has 1 aromatic heterocycles. The molecule has 1 saturated heterocycles.